The number of nitrogens with zero attached hydrogens (tertiary/aromatic N) is 3. The Hall–Kier alpha value is -2.21. The fraction of sp³-hybridized carbons (Fsp3) is 0.577. The van der Waals surface area contributed by atoms with Crippen LogP contribution in [-0.2, 0) is 6.42 Å². The molecule has 0 atom stereocenters. The van der Waals surface area contributed by atoms with Gasteiger partial charge in [-0.05, 0) is 36.8 Å². The van der Waals surface area contributed by atoms with E-state index in [0.717, 1.165) is 35.2 Å². The summed E-state index contributed by atoms with van der Waals surface area (Å²) >= 11 is 0. The van der Waals surface area contributed by atoms with Crippen LogP contribution in [0.3, 0.4) is 0 Å². The third-order valence-corrected chi connectivity index (χ3v) is 6.51. The highest BCUT2D eigenvalue weighted by Gasteiger charge is 2.20. The van der Waals surface area contributed by atoms with E-state index in [1.54, 1.807) is 0 Å². The second-order valence-corrected chi connectivity index (χ2v) is 8.71. The van der Waals surface area contributed by atoms with Gasteiger partial charge in [0.15, 0.2) is 0 Å². The summed E-state index contributed by atoms with van der Waals surface area (Å²) in [7, 11) is 0. The van der Waals surface area contributed by atoms with Crippen LogP contribution in [0.4, 0.5) is 0 Å². The Labute approximate surface area is 176 Å². The third kappa shape index (κ3) is 6.96. The molecule has 29 heavy (non-hydrogen) atoms. The lowest BCUT2D eigenvalue weighted by atomic mass is 9.78. The maximum Gasteiger partial charge on any atom is 0.0991 e. The summed E-state index contributed by atoms with van der Waals surface area (Å²) in [5.74, 6) is 1.85. The number of hydrogen-bond donors (Lipinski definition) is 0. The molecule has 3 heteroatoms. The Morgan fingerprint density at radius 1 is 0.862 bits per heavy atom. The van der Waals surface area contributed by atoms with Gasteiger partial charge in [-0.2, -0.15) is 5.26 Å². The minimum Gasteiger partial charge on any atom is -0.257 e. The van der Waals surface area contributed by atoms with Crippen LogP contribution in [0.25, 0.3) is 11.3 Å². The van der Waals surface area contributed by atoms with Crippen LogP contribution in [0.15, 0.2) is 36.7 Å². The highest BCUT2D eigenvalue weighted by atomic mass is 14.8. The van der Waals surface area contributed by atoms with Gasteiger partial charge in [-0.1, -0.05) is 83.3 Å². The molecule has 1 aromatic heterocycles. The van der Waals surface area contributed by atoms with Crippen molar-refractivity contribution in [2.24, 2.45) is 11.8 Å². The number of aromatic nitrogens is 2. The Bertz CT molecular complexity index is 750. The summed E-state index contributed by atoms with van der Waals surface area (Å²) in [6.07, 6.45) is 20.2. The van der Waals surface area contributed by atoms with E-state index in [-0.39, 0.29) is 0 Å². The predicted octanol–water partition coefficient (Wildman–Crippen LogP) is 7.11. The Kier molecular flexibility index (Phi) is 8.68. The van der Waals surface area contributed by atoms with Crippen LogP contribution in [0.5, 0.6) is 0 Å². The summed E-state index contributed by atoms with van der Waals surface area (Å²) in [6.45, 7) is 2.29. The van der Waals surface area contributed by atoms with Crippen molar-refractivity contribution in [3.8, 4) is 17.3 Å². The number of aryl methyl sites for hydroxylation is 1. The average Bonchev–Trinajstić information content (AvgIpc) is 2.79. The smallest absolute Gasteiger partial charge is 0.0991 e. The SMILES string of the molecule is CCCCCCC[C@H]1CC[C@H](CCc2cnc(-c3ccc(C#N)cc3)cn2)CC1. The van der Waals surface area contributed by atoms with Gasteiger partial charge < -0.3 is 0 Å². The molecule has 1 saturated carbocycles. The zero-order valence-electron chi connectivity index (χ0n) is 17.9. The molecule has 0 radical (unpaired) electrons. The second-order valence-electron chi connectivity index (χ2n) is 8.71. The van der Waals surface area contributed by atoms with Crippen molar-refractivity contribution >= 4 is 0 Å². The Balaban J connectivity index is 1.37. The van der Waals surface area contributed by atoms with Crippen molar-refractivity contribution in [2.75, 3.05) is 0 Å². The van der Waals surface area contributed by atoms with E-state index >= 15 is 0 Å². The molecule has 1 aliphatic carbocycles. The molecule has 0 aliphatic heterocycles. The summed E-state index contributed by atoms with van der Waals surface area (Å²) in [5.41, 5.74) is 3.65. The zero-order valence-corrected chi connectivity index (χ0v) is 17.9. The van der Waals surface area contributed by atoms with Gasteiger partial charge in [0.25, 0.3) is 0 Å². The standard InChI is InChI=1S/C26H35N3/c1-2-3-4-5-6-7-21-8-10-22(11-9-21)14-17-25-19-29-26(20-28-25)24-15-12-23(18-27)13-16-24/h12-13,15-16,19-22H,2-11,14,17H2,1H3/t21-,22-. The lowest BCUT2D eigenvalue weighted by Gasteiger charge is -2.28. The quantitative estimate of drug-likeness (QED) is 0.407. The van der Waals surface area contributed by atoms with Gasteiger partial charge >= 0.3 is 0 Å². The van der Waals surface area contributed by atoms with Crippen molar-refractivity contribution in [2.45, 2.75) is 84.0 Å². The van der Waals surface area contributed by atoms with Crippen LogP contribution < -0.4 is 0 Å². The molecule has 1 aliphatic rings. The third-order valence-electron chi connectivity index (χ3n) is 6.51. The van der Waals surface area contributed by atoms with Crippen molar-refractivity contribution in [3.63, 3.8) is 0 Å². The first-order valence-electron chi connectivity index (χ1n) is 11.6. The first kappa shape index (κ1) is 21.5. The molecule has 0 spiro atoms. The largest absolute Gasteiger partial charge is 0.257 e. The van der Waals surface area contributed by atoms with E-state index in [4.69, 9.17) is 5.26 Å². The van der Waals surface area contributed by atoms with Crippen LogP contribution >= 0.6 is 0 Å². The highest BCUT2D eigenvalue weighted by molar-refractivity contribution is 5.59. The van der Waals surface area contributed by atoms with Gasteiger partial charge in [-0.3, -0.25) is 9.97 Å². The van der Waals surface area contributed by atoms with Gasteiger partial charge in [0.2, 0.25) is 0 Å². The van der Waals surface area contributed by atoms with E-state index in [0.29, 0.717) is 5.56 Å². The molecule has 0 bridgehead atoms. The van der Waals surface area contributed by atoms with Crippen molar-refractivity contribution in [3.05, 3.63) is 47.9 Å². The van der Waals surface area contributed by atoms with E-state index < -0.39 is 0 Å². The summed E-state index contributed by atoms with van der Waals surface area (Å²) in [6, 6.07) is 9.67. The van der Waals surface area contributed by atoms with Gasteiger partial charge in [0.05, 0.1) is 29.2 Å². The Morgan fingerprint density at radius 2 is 1.55 bits per heavy atom. The molecular formula is C26H35N3. The molecule has 1 fully saturated rings. The van der Waals surface area contributed by atoms with Gasteiger partial charge in [-0.15, -0.1) is 0 Å². The van der Waals surface area contributed by atoms with Crippen molar-refractivity contribution in [1.29, 1.82) is 5.26 Å². The fourth-order valence-corrected chi connectivity index (χ4v) is 4.55. The van der Waals surface area contributed by atoms with E-state index in [2.05, 4.69) is 23.0 Å². The van der Waals surface area contributed by atoms with Crippen LogP contribution in [0.1, 0.15) is 88.8 Å². The molecular weight excluding hydrogens is 354 g/mol. The normalized spacial score (nSPS) is 19.0. The number of benzene rings is 1. The zero-order chi connectivity index (χ0) is 20.3. The monoisotopic (exact) mass is 389 g/mol. The second kappa shape index (κ2) is 11.7. The van der Waals surface area contributed by atoms with E-state index in [1.807, 2.05) is 36.7 Å². The van der Waals surface area contributed by atoms with Gasteiger partial charge in [0.1, 0.15) is 0 Å². The van der Waals surface area contributed by atoms with E-state index in [9.17, 15) is 0 Å². The summed E-state index contributed by atoms with van der Waals surface area (Å²) < 4.78 is 0. The minimum absolute atomic E-state index is 0.671. The molecule has 0 saturated heterocycles. The molecule has 1 heterocycles. The summed E-state index contributed by atoms with van der Waals surface area (Å²) in [4.78, 5) is 9.22. The fourth-order valence-electron chi connectivity index (χ4n) is 4.55. The molecule has 154 valence electrons. The number of unbranched alkanes of at least 4 members (excludes halogenated alkanes) is 4. The molecule has 0 amide bonds. The molecule has 0 N–H and O–H groups in total. The molecule has 0 unspecified atom stereocenters. The van der Waals surface area contributed by atoms with E-state index in [1.165, 1.54) is 70.6 Å². The number of rotatable bonds is 10. The molecule has 3 nitrogen and oxygen atoms in total. The Morgan fingerprint density at radius 3 is 2.17 bits per heavy atom. The number of nitriles is 1. The maximum absolute atomic E-state index is 8.90. The molecule has 3 rings (SSSR count). The lowest BCUT2D eigenvalue weighted by Crippen LogP contribution is -2.15. The predicted molar refractivity (Wildman–Crippen MR) is 119 cm³/mol. The van der Waals surface area contributed by atoms with Gasteiger partial charge in [-0.25, -0.2) is 0 Å². The topological polar surface area (TPSA) is 49.6 Å². The van der Waals surface area contributed by atoms with Crippen LogP contribution in [0, 0.1) is 23.2 Å². The van der Waals surface area contributed by atoms with Crippen LogP contribution in [0.2, 0.25) is 0 Å². The number of hydrogen-bond acceptors (Lipinski definition) is 3. The van der Waals surface area contributed by atoms with Crippen molar-refractivity contribution < 1.29 is 0 Å². The van der Waals surface area contributed by atoms with Gasteiger partial charge in [0, 0.05) is 11.8 Å². The van der Waals surface area contributed by atoms with Crippen LogP contribution in [-0.4, -0.2) is 9.97 Å². The molecule has 1 aromatic carbocycles. The highest BCUT2D eigenvalue weighted by Crippen LogP contribution is 2.34. The summed E-state index contributed by atoms with van der Waals surface area (Å²) in [5, 5.41) is 8.90. The molecule has 2 aromatic rings. The lowest BCUT2D eigenvalue weighted by molar-refractivity contribution is 0.248. The first-order valence-corrected chi connectivity index (χ1v) is 11.6. The maximum atomic E-state index is 8.90. The minimum atomic E-state index is 0.671. The first-order chi connectivity index (χ1) is 14.3. The average molecular weight is 390 g/mol. The van der Waals surface area contributed by atoms with Crippen molar-refractivity contribution in [1.82, 2.24) is 9.97 Å².